The number of nitrogens with zero attached hydrogens (tertiary/aromatic N) is 3. The van der Waals surface area contributed by atoms with Crippen LogP contribution in [0.5, 0.6) is 0 Å². The normalized spacial score (nSPS) is 19.6. The van der Waals surface area contributed by atoms with E-state index in [1.54, 1.807) is 41.6 Å². The topological polar surface area (TPSA) is 79.8 Å². The fourth-order valence-corrected chi connectivity index (χ4v) is 5.50. The molecule has 38 heavy (non-hydrogen) atoms. The van der Waals surface area contributed by atoms with Gasteiger partial charge in [-0.15, -0.1) is 0 Å². The Morgan fingerprint density at radius 1 is 0.921 bits per heavy atom. The number of hydrogen-bond acceptors (Lipinski definition) is 6. The Labute approximate surface area is 225 Å². The molecular formula is C30H26ClN3O4. The maximum atomic E-state index is 13.7. The molecule has 0 N–H and O–H groups in total. The van der Waals surface area contributed by atoms with E-state index < -0.39 is 6.10 Å². The van der Waals surface area contributed by atoms with E-state index in [0.717, 1.165) is 17.7 Å². The zero-order valence-corrected chi connectivity index (χ0v) is 21.5. The Hall–Kier alpha value is -3.81. The molecule has 1 aromatic heterocycles. The minimum absolute atomic E-state index is 0.118. The highest BCUT2D eigenvalue weighted by Gasteiger charge is 2.43. The van der Waals surface area contributed by atoms with E-state index in [1.807, 2.05) is 30.3 Å². The molecule has 1 fully saturated rings. The van der Waals surface area contributed by atoms with Gasteiger partial charge in [0.2, 0.25) is 11.9 Å². The lowest BCUT2D eigenvalue weighted by molar-refractivity contribution is -0.145. The number of pyridine rings is 1. The first-order valence-electron chi connectivity index (χ1n) is 12.8. The molecule has 6 rings (SSSR count). The van der Waals surface area contributed by atoms with Crippen LogP contribution in [0.2, 0.25) is 5.02 Å². The van der Waals surface area contributed by atoms with Crippen LogP contribution in [0.15, 0.2) is 67.0 Å². The molecule has 1 saturated heterocycles. The Balaban J connectivity index is 1.21. The van der Waals surface area contributed by atoms with Crippen molar-refractivity contribution in [1.29, 1.82) is 0 Å². The molecule has 1 aliphatic carbocycles. The number of amides is 1. The van der Waals surface area contributed by atoms with E-state index in [1.165, 1.54) is 0 Å². The molecule has 3 heterocycles. The number of hydrogen-bond donors (Lipinski definition) is 0. The highest BCUT2D eigenvalue weighted by molar-refractivity contribution is 6.36. The third-order valence-electron chi connectivity index (χ3n) is 7.43. The molecule has 1 atom stereocenters. The number of aryl methyl sites for hydroxylation is 1. The summed E-state index contributed by atoms with van der Waals surface area (Å²) in [6.07, 6.45) is 3.15. The molecule has 2 aromatic carbocycles. The summed E-state index contributed by atoms with van der Waals surface area (Å²) in [7, 11) is 0. The van der Waals surface area contributed by atoms with Crippen molar-refractivity contribution in [3.05, 3.63) is 99.8 Å². The highest BCUT2D eigenvalue weighted by atomic mass is 35.5. The Morgan fingerprint density at radius 3 is 2.39 bits per heavy atom. The number of rotatable bonds is 5. The predicted molar refractivity (Wildman–Crippen MR) is 143 cm³/mol. The molecule has 192 valence electrons. The van der Waals surface area contributed by atoms with Crippen molar-refractivity contribution in [1.82, 2.24) is 14.8 Å². The number of ether oxygens (including phenoxy) is 1. The lowest BCUT2D eigenvalue weighted by Gasteiger charge is -2.35. The zero-order valence-electron chi connectivity index (χ0n) is 20.7. The van der Waals surface area contributed by atoms with Gasteiger partial charge in [-0.2, -0.15) is 0 Å². The van der Waals surface area contributed by atoms with Gasteiger partial charge < -0.3 is 9.64 Å². The number of carbonyl (C=O) groups is 3. The van der Waals surface area contributed by atoms with Gasteiger partial charge in [-0.1, -0.05) is 41.9 Å². The number of carbonyl (C=O) groups excluding carboxylic acids is 3. The molecule has 1 unspecified atom stereocenters. The molecule has 2 aliphatic heterocycles. The number of halogens is 1. The smallest absolute Gasteiger partial charge is 0.271 e. The standard InChI is InChI=1S/C30H26ClN3O4/c31-23-5-1-19(2-6-23)18-33-13-15-34(16-14-33)30(37)29-27(36)26(28(38-29)20-9-11-32-12-10-20)22-3-7-24-21(17-22)4-8-25(24)35/h1-3,5-7,9-12,17,29H,4,8,13-16,18H2. The third kappa shape index (κ3) is 4.64. The van der Waals surface area contributed by atoms with Gasteiger partial charge in [-0.25, -0.2) is 0 Å². The lowest BCUT2D eigenvalue weighted by atomic mass is 9.94. The average molecular weight is 528 g/mol. The van der Waals surface area contributed by atoms with Crippen molar-refractivity contribution in [3.63, 3.8) is 0 Å². The second-order valence-electron chi connectivity index (χ2n) is 9.83. The number of fused-ring (bicyclic) bond motifs is 1. The fraction of sp³-hybridized carbons (Fsp3) is 0.267. The summed E-state index contributed by atoms with van der Waals surface area (Å²) >= 11 is 5.99. The number of Topliss-reactive ketones (excluding diaryl/α,β-unsaturated/α-hetero) is 2. The van der Waals surface area contributed by atoms with Gasteiger partial charge in [0, 0.05) is 67.7 Å². The summed E-state index contributed by atoms with van der Waals surface area (Å²) in [5.41, 5.74) is 4.51. The molecule has 7 nitrogen and oxygen atoms in total. The predicted octanol–water partition coefficient (Wildman–Crippen LogP) is 4.04. The maximum absolute atomic E-state index is 13.7. The van der Waals surface area contributed by atoms with E-state index >= 15 is 0 Å². The summed E-state index contributed by atoms with van der Waals surface area (Å²) in [5.74, 6) is -0.178. The van der Waals surface area contributed by atoms with E-state index in [4.69, 9.17) is 16.3 Å². The van der Waals surface area contributed by atoms with Crippen LogP contribution in [0.4, 0.5) is 0 Å². The monoisotopic (exact) mass is 527 g/mol. The fourth-order valence-electron chi connectivity index (χ4n) is 5.38. The third-order valence-corrected chi connectivity index (χ3v) is 7.69. The second kappa shape index (κ2) is 10.2. The summed E-state index contributed by atoms with van der Waals surface area (Å²) in [6.45, 7) is 3.20. The van der Waals surface area contributed by atoms with Crippen LogP contribution in [-0.4, -0.2) is 64.5 Å². The van der Waals surface area contributed by atoms with Crippen molar-refractivity contribution in [2.45, 2.75) is 25.5 Å². The van der Waals surface area contributed by atoms with Gasteiger partial charge >= 0.3 is 0 Å². The number of piperazine rings is 1. The molecule has 0 spiro atoms. The van der Waals surface area contributed by atoms with Crippen LogP contribution >= 0.6 is 11.6 Å². The molecule has 3 aromatic rings. The van der Waals surface area contributed by atoms with Crippen molar-refractivity contribution in [2.75, 3.05) is 26.2 Å². The number of benzene rings is 2. The van der Waals surface area contributed by atoms with Crippen molar-refractivity contribution >= 4 is 40.4 Å². The van der Waals surface area contributed by atoms with Crippen molar-refractivity contribution in [3.8, 4) is 0 Å². The minimum Gasteiger partial charge on any atom is -0.471 e. The van der Waals surface area contributed by atoms with Gasteiger partial charge in [0.25, 0.3) is 5.91 Å². The average Bonchev–Trinajstić information content (AvgIpc) is 3.49. The molecule has 0 bridgehead atoms. The first kappa shape index (κ1) is 24.5. The van der Waals surface area contributed by atoms with Crippen LogP contribution < -0.4 is 0 Å². The quantitative estimate of drug-likeness (QED) is 0.466. The highest BCUT2D eigenvalue weighted by Crippen LogP contribution is 2.38. The van der Waals surface area contributed by atoms with E-state index in [9.17, 15) is 14.4 Å². The van der Waals surface area contributed by atoms with E-state index in [0.29, 0.717) is 72.1 Å². The van der Waals surface area contributed by atoms with Gasteiger partial charge in [0.1, 0.15) is 5.76 Å². The van der Waals surface area contributed by atoms with E-state index in [-0.39, 0.29) is 17.5 Å². The zero-order chi connectivity index (χ0) is 26.2. The van der Waals surface area contributed by atoms with Gasteiger partial charge in [0.05, 0.1) is 5.57 Å². The molecular weight excluding hydrogens is 502 g/mol. The van der Waals surface area contributed by atoms with Crippen molar-refractivity contribution < 1.29 is 19.1 Å². The molecule has 0 radical (unpaired) electrons. The van der Waals surface area contributed by atoms with Crippen molar-refractivity contribution in [2.24, 2.45) is 0 Å². The Morgan fingerprint density at radius 2 is 1.66 bits per heavy atom. The molecule has 0 saturated carbocycles. The SMILES string of the molecule is O=C1CCc2cc(C3=C(c4ccncc4)OC(C(=O)N4CCN(Cc5ccc(Cl)cc5)CC4)C3=O)ccc21. The first-order valence-corrected chi connectivity index (χ1v) is 13.1. The summed E-state index contributed by atoms with van der Waals surface area (Å²) in [4.78, 5) is 47.5. The summed E-state index contributed by atoms with van der Waals surface area (Å²) < 4.78 is 6.13. The van der Waals surface area contributed by atoms with Gasteiger partial charge in [-0.3, -0.25) is 24.3 Å². The van der Waals surface area contributed by atoms with Gasteiger partial charge in [0.15, 0.2) is 5.78 Å². The Bertz CT molecular complexity index is 1440. The molecule has 8 heteroatoms. The van der Waals surface area contributed by atoms with Crippen LogP contribution in [0.25, 0.3) is 11.3 Å². The summed E-state index contributed by atoms with van der Waals surface area (Å²) in [6, 6.07) is 16.8. The summed E-state index contributed by atoms with van der Waals surface area (Å²) in [5, 5.41) is 0.706. The minimum atomic E-state index is -1.23. The van der Waals surface area contributed by atoms with E-state index in [2.05, 4.69) is 9.88 Å². The van der Waals surface area contributed by atoms with Crippen LogP contribution in [0.3, 0.4) is 0 Å². The van der Waals surface area contributed by atoms with Crippen LogP contribution in [-0.2, 0) is 27.3 Å². The maximum Gasteiger partial charge on any atom is 0.271 e. The molecule has 3 aliphatic rings. The number of ketones is 2. The van der Waals surface area contributed by atoms with Gasteiger partial charge in [-0.05, 0) is 47.4 Å². The number of aromatic nitrogens is 1. The first-order chi connectivity index (χ1) is 18.5. The lowest BCUT2D eigenvalue weighted by Crippen LogP contribution is -2.52. The largest absolute Gasteiger partial charge is 0.471 e. The Kier molecular flexibility index (Phi) is 6.55. The second-order valence-corrected chi connectivity index (χ2v) is 10.3. The molecule has 1 amide bonds. The van der Waals surface area contributed by atoms with Crippen LogP contribution in [0.1, 0.15) is 39.0 Å². The van der Waals surface area contributed by atoms with Crippen LogP contribution in [0, 0.1) is 0 Å².